The van der Waals surface area contributed by atoms with Gasteiger partial charge in [-0.1, -0.05) is 28.1 Å². The van der Waals surface area contributed by atoms with Crippen molar-refractivity contribution in [2.45, 2.75) is 12.5 Å². The summed E-state index contributed by atoms with van der Waals surface area (Å²) in [6, 6.07) is 7.91. The molecule has 1 aromatic heterocycles. The fraction of sp³-hybridized carbons (Fsp3) is 0.375. The lowest BCUT2D eigenvalue weighted by atomic mass is 10.1. The van der Waals surface area contributed by atoms with E-state index in [2.05, 4.69) is 26.2 Å². The average Bonchev–Trinajstić information content (AvgIpc) is 2.95. The fourth-order valence-corrected chi connectivity index (χ4v) is 3.07. The van der Waals surface area contributed by atoms with Crippen LogP contribution in [0.2, 0.25) is 0 Å². The first-order valence-electron chi connectivity index (χ1n) is 7.37. The quantitative estimate of drug-likeness (QED) is 0.906. The number of nitrogens with one attached hydrogen (secondary N) is 1. The Balaban J connectivity index is 1.77. The van der Waals surface area contributed by atoms with Gasteiger partial charge in [0.05, 0.1) is 6.42 Å². The van der Waals surface area contributed by atoms with Crippen molar-refractivity contribution in [2.24, 2.45) is 7.05 Å². The van der Waals surface area contributed by atoms with Gasteiger partial charge >= 0.3 is 0 Å². The molecular formula is C16H19BrN4O. The molecule has 1 fully saturated rings. The molecule has 2 aromatic rings. The molecule has 5 nitrogen and oxygen atoms in total. The molecule has 22 heavy (non-hydrogen) atoms. The van der Waals surface area contributed by atoms with Crippen molar-refractivity contribution in [2.75, 3.05) is 19.6 Å². The second-order valence-electron chi connectivity index (χ2n) is 5.51. The summed E-state index contributed by atoms with van der Waals surface area (Å²) in [6.45, 7) is 2.29. The number of imidazole rings is 1. The molecule has 1 N–H and O–H groups in total. The van der Waals surface area contributed by atoms with E-state index in [1.807, 2.05) is 47.0 Å². The van der Waals surface area contributed by atoms with Crippen LogP contribution in [0.4, 0.5) is 0 Å². The molecule has 1 aliphatic heterocycles. The molecule has 0 aliphatic carbocycles. The van der Waals surface area contributed by atoms with Gasteiger partial charge in [0.1, 0.15) is 11.9 Å². The van der Waals surface area contributed by atoms with Gasteiger partial charge < -0.3 is 14.8 Å². The molecule has 0 radical (unpaired) electrons. The number of nitrogens with zero attached hydrogens (tertiary/aromatic N) is 3. The van der Waals surface area contributed by atoms with Crippen molar-refractivity contribution < 1.29 is 4.79 Å². The van der Waals surface area contributed by atoms with Gasteiger partial charge in [-0.2, -0.15) is 0 Å². The molecule has 1 saturated heterocycles. The summed E-state index contributed by atoms with van der Waals surface area (Å²) in [5.74, 6) is 1.08. The highest BCUT2D eigenvalue weighted by atomic mass is 79.9. The Hall–Kier alpha value is -1.66. The molecule has 0 bridgehead atoms. The van der Waals surface area contributed by atoms with E-state index in [1.165, 1.54) is 0 Å². The van der Waals surface area contributed by atoms with Crippen LogP contribution < -0.4 is 5.32 Å². The molecule has 1 atom stereocenters. The predicted octanol–water partition coefficient (Wildman–Crippen LogP) is 1.90. The van der Waals surface area contributed by atoms with Crippen LogP contribution in [0.1, 0.15) is 17.4 Å². The Morgan fingerprint density at radius 3 is 2.86 bits per heavy atom. The second-order valence-corrected chi connectivity index (χ2v) is 6.42. The van der Waals surface area contributed by atoms with E-state index in [4.69, 9.17) is 0 Å². The SMILES string of the molecule is Cn1ccnc1C1CNCCN1C(=O)Cc1ccc(Br)cc1. The van der Waals surface area contributed by atoms with E-state index >= 15 is 0 Å². The summed E-state index contributed by atoms with van der Waals surface area (Å²) in [4.78, 5) is 19.1. The highest BCUT2D eigenvalue weighted by Gasteiger charge is 2.30. The standard InChI is InChI=1S/C16H19BrN4O/c1-20-8-7-19-16(20)14-11-18-6-9-21(14)15(22)10-12-2-4-13(17)5-3-12/h2-5,7-8,14,18H,6,9-11H2,1H3. The zero-order valence-corrected chi connectivity index (χ0v) is 14.1. The summed E-state index contributed by atoms with van der Waals surface area (Å²) >= 11 is 3.42. The third kappa shape index (κ3) is 3.23. The first-order chi connectivity index (χ1) is 10.6. The normalized spacial score (nSPS) is 18.5. The van der Waals surface area contributed by atoms with E-state index in [0.29, 0.717) is 13.0 Å². The van der Waals surface area contributed by atoms with Gasteiger partial charge in [-0.3, -0.25) is 4.79 Å². The van der Waals surface area contributed by atoms with Crippen molar-refractivity contribution in [3.63, 3.8) is 0 Å². The summed E-state index contributed by atoms with van der Waals surface area (Å²) in [6.07, 6.45) is 4.12. The van der Waals surface area contributed by atoms with Crippen LogP contribution in [-0.4, -0.2) is 40.0 Å². The van der Waals surface area contributed by atoms with Crippen LogP contribution in [0.3, 0.4) is 0 Å². The number of piperazine rings is 1. The molecule has 116 valence electrons. The number of halogens is 1. The summed E-state index contributed by atoms with van der Waals surface area (Å²) in [5, 5.41) is 3.35. The summed E-state index contributed by atoms with van der Waals surface area (Å²) in [5.41, 5.74) is 1.03. The van der Waals surface area contributed by atoms with Gasteiger partial charge in [0.25, 0.3) is 0 Å². The Kier molecular flexibility index (Phi) is 4.59. The van der Waals surface area contributed by atoms with Crippen LogP contribution in [0.25, 0.3) is 0 Å². The highest BCUT2D eigenvalue weighted by molar-refractivity contribution is 9.10. The van der Waals surface area contributed by atoms with Gasteiger partial charge in [-0.05, 0) is 17.7 Å². The monoisotopic (exact) mass is 362 g/mol. The molecule has 6 heteroatoms. The molecule has 0 saturated carbocycles. The van der Waals surface area contributed by atoms with Gasteiger partial charge in [0, 0.05) is 43.5 Å². The molecule has 2 heterocycles. The maximum absolute atomic E-state index is 12.7. The van der Waals surface area contributed by atoms with Gasteiger partial charge in [0.15, 0.2) is 0 Å². The lowest BCUT2D eigenvalue weighted by molar-refractivity contribution is -0.134. The minimum absolute atomic E-state index is 0.00306. The van der Waals surface area contributed by atoms with E-state index in [1.54, 1.807) is 6.20 Å². The topological polar surface area (TPSA) is 50.2 Å². The van der Waals surface area contributed by atoms with Crippen molar-refractivity contribution in [3.05, 3.63) is 52.5 Å². The minimum Gasteiger partial charge on any atom is -0.336 e. The second kappa shape index (κ2) is 6.62. The molecule has 1 aliphatic rings. The van der Waals surface area contributed by atoms with Crippen LogP contribution in [0.5, 0.6) is 0 Å². The Morgan fingerprint density at radius 1 is 1.41 bits per heavy atom. The van der Waals surface area contributed by atoms with Crippen LogP contribution in [-0.2, 0) is 18.3 Å². The van der Waals surface area contributed by atoms with Gasteiger partial charge in [-0.15, -0.1) is 0 Å². The minimum atomic E-state index is -0.00306. The van der Waals surface area contributed by atoms with Crippen molar-refractivity contribution in [1.29, 1.82) is 0 Å². The number of aryl methyl sites for hydroxylation is 1. The van der Waals surface area contributed by atoms with Crippen LogP contribution >= 0.6 is 15.9 Å². The van der Waals surface area contributed by atoms with Crippen LogP contribution in [0.15, 0.2) is 41.1 Å². The fourth-order valence-electron chi connectivity index (χ4n) is 2.81. The smallest absolute Gasteiger partial charge is 0.227 e. The van der Waals surface area contributed by atoms with Crippen molar-refractivity contribution in [3.8, 4) is 0 Å². The number of benzene rings is 1. The maximum Gasteiger partial charge on any atom is 0.227 e. The summed E-state index contributed by atoms with van der Waals surface area (Å²) < 4.78 is 3.01. The predicted molar refractivity (Wildman–Crippen MR) is 88.4 cm³/mol. The molecular weight excluding hydrogens is 344 g/mol. The van der Waals surface area contributed by atoms with Crippen molar-refractivity contribution >= 4 is 21.8 Å². The highest BCUT2D eigenvalue weighted by Crippen LogP contribution is 2.22. The first-order valence-corrected chi connectivity index (χ1v) is 8.16. The van der Waals surface area contributed by atoms with E-state index in [0.717, 1.165) is 29.0 Å². The van der Waals surface area contributed by atoms with Gasteiger partial charge in [-0.25, -0.2) is 4.98 Å². The Labute approximate surface area is 138 Å². The number of hydrogen-bond acceptors (Lipinski definition) is 3. The number of rotatable bonds is 3. The summed E-state index contributed by atoms with van der Waals surface area (Å²) in [7, 11) is 1.97. The molecule has 1 aromatic carbocycles. The zero-order valence-electron chi connectivity index (χ0n) is 12.5. The average molecular weight is 363 g/mol. The van der Waals surface area contributed by atoms with Crippen LogP contribution in [0, 0.1) is 0 Å². The number of carbonyl (C=O) groups is 1. The maximum atomic E-state index is 12.7. The number of carbonyl (C=O) groups excluding carboxylic acids is 1. The lowest BCUT2D eigenvalue weighted by Crippen LogP contribution is -2.49. The third-order valence-corrected chi connectivity index (χ3v) is 4.52. The lowest BCUT2D eigenvalue weighted by Gasteiger charge is -2.35. The van der Waals surface area contributed by atoms with E-state index < -0.39 is 0 Å². The number of hydrogen-bond donors (Lipinski definition) is 1. The zero-order chi connectivity index (χ0) is 15.5. The number of aromatic nitrogens is 2. The van der Waals surface area contributed by atoms with E-state index in [-0.39, 0.29) is 11.9 Å². The Bertz CT molecular complexity index is 652. The first kappa shape index (κ1) is 15.2. The Morgan fingerprint density at radius 2 is 2.18 bits per heavy atom. The molecule has 0 spiro atoms. The largest absolute Gasteiger partial charge is 0.336 e. The molecule has 1 unspecified atom stereocenters. The number of amides is 1. The van der Waals surface area contributed by atoms with Gasteiger partial charge in [0.2, 0.25) is 5.91 Å². The molecule has 1 amide bonds. The third-order valence-electron chi connectivity index (χ3n) is 3.99. The van der Waals surface area contributed by atoms with Crippen molar-refractivity contribution in [1.82, 2.24) is 19.8 Å². The van der Waals surface area contributed by atoms with E-state index in [9.17, 15) is 4.79 Å². The molecule has 3 rings (SSSR count).